The maximum absolute atomic E-state index is 13.0. The zero-order chi connectivity index (χ0) is 51.5. The molecule has 4 aromatic rings. The Morgan fingerprint density at radius 3 is 1.66 bits per heavy atom. The minimum Gasteiger partial charge on any atom is -0.496 e. The standard InChI is InChI=1S/C54H74N2O15/c1-55(17-14-36-24-39(30-58)43(33-61)54(69-8)51(36)44(55)22-34-21-38(29-57)42(32-60)45(23-34)64-3)15-9-19-70-49(62)11-12-50(63)71-20-10-16-56(2)18-13-35-26-46(65-4)47(66-5)28-41(35)52(56)37-25-40(31-59)53(68-7)48(27-37)67-6/h21,23-28,44,52,57-61H,9-20,22,29-33H2,1-8H3/q+2. The molecule has 4 unspecified atom stereocenters. The van der Waals surface area contributed by atoms with Crippen molar-refractivity contribution in [2.24, 2.45) is 0 Å². The third-order valence-corrected chi connectivity index (χ3v) is 14.7. The van der Waals surface area contributed by atoms with E-state index in [-0.39, 0.29) is 71.2 Å². The molecule has 0 amide bonds. The molecular formula is C54H74N2O15+2. The van der Waals surface area contributed by atoms with Crippen molar-refractivity contribution in [3.8, 4) is 34.5 Å². The lowest BCUT2D eigenvalue weighted by atomic mass is 9.82. The van der Waals surface area contributed by atoms with E-state index in [9.17, 15) is 35.1 Å². The Morgan fingerprint density at radius 2 is 1.10 bits per heavy atom. The second kappa shape index (κ2) is 24.6. The van der Waals surface area contributed by atoms with E-state index in [0.29, 0.717) is 110 Å². The summed E-state index contributed by atoms with van der Waals surface area (Å²) in [7, 11) is 13.7. The third kappa shape index (κ3) is 11.8. The number of hydrogen-bond donors (Lipinski definition) is 5. The van der Waals surface area contributed by atoms with Gasteiger partial charge < -0.3 is 72.4 Å². The van der Waals surface area contributed by atoms with Crippen molar-refractivity contribution in [1.82, 2.24) is 0 Å². The molecule has 0 saturated carbocycles. The van der Waals surface area contributed by atoms with Gasteiger partial charge in [0.05, 0.1) is 148 Å². The molecule has 17 heteroatoms. The number of benzene rings is 4. The van der Waals surface area contributed by atoms with Crippen LogP contribution < -0.4 is 28.4 Å². The van der Waals surface area contributed by atoms with E-state index >= 15 is 0 Å². The second-order valence-electron chi connectivity index (χ2n) is 18.8. The normalized spacial score (nSPS) is 19.3. The second-order valence-corrected chi connectivity index (χ2v) is 18.8. The molecule has 2 aliphatic rings. The lowest BCUT2D eigenvalue weighted by Crippen LogP contribution is -2.53. The number of fused-ring (bicyclic) bond motifs is 2. The Hall–Kier alpha value is -5.66. The van der Waals surface area contributed by atoms with Crippen molar-refractivity contribution >= 4 is 11.9 Å². The van der Waals surface area contributed by atoms with Gasteiger partial charge in [-0.25, -0.2) is 0 Å². The Morgan fingerprint density at radius 1 is 0.549 bits per heavy atom. The Labute approximate surface area is 417 Å². The largest absolute Gasteiger partial charge is 0.496 e. The maximum Gasteiger partial charge on any atom is 0.306 e. The van der Waals surface area contributed by atoms with Gasteiger partial charge in [0.25, 0.3) is 0 Å². The molecule has 71 heavy (non-hydrogen) atoms. The van der Waals surface area contributed by atoms with Crippen LogP contribution in [-0.4, -0.2) is 143 Å². The first-order valence-electron chi connectivity index (χ1n) is 24.2. The number of carbonyl (C=O) groups excluding carboxylic acids is 2. The summed E-state index contributed by atoms with van der Waals surface area (Å²) in [6, 6.07) is 13.2. The molecule has 4 aromatic carbocycles. The Balaban J connectivity index is 1.08. The van der Waals surface area contributed by atoms with Crippen LogP contribution in [0.1, 0.15) is 99.0 Å². The lowest BCUT2D eigenvalue weighted by Gasteiger charge is -2.46. The van der Waals surface area contributed by atoms with Crippen molar-refractivity contribution in [3.63, 3.8) is 0 Å². The lowest BCUT2D eigenvalue weighted by molar-refractivity contribution is -0.941. The molecule has 4 atom stereocenters. The van der Waals surface area contributed by atoms with Crippen LogP contribution in [0.25, 0.3) is 0 Å². The highest BCUT2D eigenvalue weighted by Crippen LogP contribution is 2.48. The monoisotopic (exact) mass is 991 g/mol. The quantitative estimate of drug-likeness (QED) is 0.0339. The average Bonchev–Trinajstić information content (AvgIpc) is 3.39. The zero-order valence-electron chi connectivity index (χ0n) is 42.6. The van der Waals surface area contributed by atoms with Crippen LogP contribution in [0.15, 0.2) is 42.5 Å². The number of quaternary nitrogens is 2. The van der Waals surface area contributed by atoms with Gasteiger partial charge in [0.15, 0.2) is 23.0 Å². The highest BCUT2D eigenvalue weighted by atomic mass is 16.5. The molecule has 17 nitrogen and oxygen atoms in total. The van der Waals surface area contributed by atoms with Gasteiger partial charge in [0.1, 0.15) is 23.6 Å². The SMILES string of the molecule is COc1cc2c(cc1OC)C(c1cc(CO)c(OC)c(OC)c1)[N+](C)(CCCOC(=O)CCC(=O)OCCC[N+]1(C)CCc3cc(CO)c(CO)c(OC)c3C1Cc1cc(CO)c(CO)c(OC)c1)CC2. The summed E-state index contributed by atoms with van der Waals surface area (Å²) >= 11 is 0. The van der Waals surface area contributed by atoms with E-state index in [2.05, 4.69) is 14.1 Å². The number of aliphatic hydroxyl groups excluding tert-OH is 5. The molecular weight excluding hydrogens is 917 g/mol. The zero-order valence-corrected chi connectivity index (χ0v) is 42.6. The van der Waals surface area contributed by atoms with Gasteiger partial charge in [-0.05, 0) is 58.1 Å². The van der Waals surface area contributed by atoms with Crippen molar-refractivity contribution in [2.45, 2.75) is 90.1 Å². The number of hydrogen-bond acceptors (Lipinski definition) is 15. The van der Waals surface area contributed by atoms with Crippen molar-refractivity contribution in [2.75, 3.05) is 96.1 Å². The molecule has 2 heterocycles. The van der Waals surface area contributed by atoms with Gasteiger partial charge in [-0.2, -0.15) is 0 Å². The fraction of sp³-hybridized carbons (Fsp3) is 0.519. The molecule has 0 aromatic heterocycles. The van der Waals surface area contributed by atoms with Gasteiger partial charge in [-0.1, -0.05) is 12.1 Å². The molecule has 0 radical (unpaired) electrons. The molecule has 388 valence electrons. The van der Waals surface area contributed by atoms with E-state index in [4.69, 9.17) is 37.9 Å². The van der Waals surface area contributed by atoms with Crippen LogP contribution >= 0.6 is 0 Å². The molecule has 0 spiro atoms. The van der Waals surface area contributed by atoms with Gasteiger partial charge in [-0.3, -0.25) is 9.59 Å². The molecule has 0 bridgehead atoms. The van der Waals surface area contributed by atoms with E-state index in [1.165, 1.54) is 7.11 Å². The van der Waals surface area contributed by atoms with Gasteiger partial charge >= 0.3 is 11.9 Å². The number of carbonyl (C=O) groups is 2. The van der Waals surface area contributed by atoms with E-state index in [1.54, 1.807) is 35.5 Å². The van der Waals surface area contributed by atoms with Crippen molar-refractivity contribution < 1.29 is 82.0 Å². The summed E-state index contributed by atoms with van der Waals surface area (Å²) in [5, 5.41) is 51.3. The van der Waals surface area contributed by atoms with Gasteiger partial charge in [-0.15, -0.1) is 0 Å². The van der Waals surface area contributed by atoms with Crippen LogP contribution in [-0.2, 0) is 71.4 Å². The van der Waals surface area contributed by atoms with Crippen LogP contribution in [0.4, 0.5) is 0 Å². The molecule has 0 saturated heterocycles. The first-order chi connectivity index (χ1) is 34.2. The van der Waals surface area contributed by atoms with Crippen molar-refractivity contribution in [1.29, 1.82) is 0 Å². The van der Waals surface area contributed by atoms with Crippen molar-refractivity contribution in [3.05, 3.63) is 104 Å². The summed E-state index contributed by atoms with van der Waals surface area (Å²) in [5.74, 6) is 2.23. The number of methoxy groups -OCH3 is 6. The molecule has 2 aliphatic heterocycles. The fourth-order valence-electron chi connectivity index (χ4n) is 10.9. The summed E-state index contributed by atoms with van der Waals surface area (Å²) < 4.78 is 46.8. The highest BCUT2D eigenvalue weighted by Gasteiger charge is 2.44. The van der Waals surface area contributed by atoms with Crippen LogP contribution in [0.5, 0.6) is 34.5 Å². The number of esters is 2. The fourth-order valence-corrected chi connectivity index (χ4v) is 10.9. The summed E-state index contributed by atoms with van der Waals surface area (Å²) in [5.41, 5.74) is 8.70. The average molecular weight is 991 g/mol. The Bertz CT molecular complexity index is 2450. The van der Waals surface area contributed by atoms with Crippen LogP contribution in [0.2, 0.25) is 0 Å². The molecule has 0 fully saturated rings. The van der Waals surface area contributed by atoms with Gasteiger partial charge in [0.2, 0.25) is 0 Å². The molecule has 0 aliphatic carbocycles. The summed E-state index contributed by atoms with van der Waals surface area (Å²) in [6.45, 7) is 1.65. The number of nitrogens with zero attached hydrogens (tertiary/aromatic N) is 2. The molecule has 6 rings (SSSR count). The van der Waals surface area contributed by atoms with E-state index < -0.39 is 11.9 Å². The number of likely N-dealkylation sites (N-methyl/N-ethyl adjacent to an activating group) is 2. The smallest absolute Gasteiger partial charge is 0.306 e. The predicted octanol–water partition coefficient (Wildman–Crippen LogP) is 4.93. The summed E-state index contributed by atoms with van der Waals surface area (Å²) in [4.78, 5) is 26.0. The predicted molar refractivity (Wildman–Crippen MR) is 263 cm³/mol. The van der Waals surface area contributed by atoms with Crippen LogP contribution in [0, 0.1) is 0 Å². The maximum atomic E-state index is 13.0. The summed E-state index contributed by atoms with van der Waals surface area (Å²) in [6.07, 6.45) is 2.75. The minimum atomic E-state index is -0.499. The number of aliphatic hydroxyl groups is 5. The van der Waals surface area contributed by atoms with E-state index in [1.807, 2.05) is 42.5 Å². The molecule has 5 N–H and O–H groups in total. The Kier molecular flexibility index (Phi) is 19.0. The first kappa shape index (κ1) is 54.7. The topological polar surface area (TPSA) is 209 Å². The van der Waals surface area contributed by atoms with Gasteiger partial charge in [0, 0.05) is 59.9 Å². The minimum absolute atomic E-state index is 0.123. The number of ether oxygens (including phenoxy) is 8. The number of rotatable bonds is 25. The van der Waals surface area contributed by atoms with Crippen LogP contribution in [0.3, 0.4) is 0 Å². The van der Waals surface area contributed by atoms with E-state index in [0.717, 1.165) is 52.9 Å². The highest BCUT2D eigenvalue weighted by molar-refractivity contribution is 5.77. The third-order valence-electron chi connectivity index (χ3n) is 14.7. The first-order valence-corrected chi connectivity index (χ1v) is 24.2.